The topological polar surface area (TPSA) is 33.1 Å². The molecule has 0 atom stereocenters. The number of nitrogens with zero attached hydrogens (tertiary/aromatic N) is 1. The van der Waals surface area contributed by atoms with Crippen LogP contribution < -0.4 is 0 Å². The average molecular weight is 191 g/mol. The average Bonchev–Trinajstić information content (AvgIpc) is 2.14. The van der Waals surface area contributed by atoms with Crippen LogP contribution in [0.25, 0.3) is 10.9 Å². The van der Waals surface area contributed by atoms with Gasteiger partial charge in [0.1, 0.15) is 17.1 Å². The van der Waals surface area contributed by atoms with Crippen molar-refractivity contribution in [1.29, 1.82) is 0 Å². The number of hydrogen-bond acceptors (Lipinski definition) is 2. The SMILES string of the molecule is Cc1ccc2c(O)c(C)cc(F)c2n1. The highest BCUT2D eigenvalue weighted by Gasteiger charge is 2.09. The smallest absolute Gasteiger partial charge is 0.149 e. The molecule has 0 unspecified atom stereocenters. The number of aromatic hydroxyl groups is 1. The van der Waals surface area contributed by atoms with E-state index in [4.69, 9.17) is 0 Å². The van der Waals surface area contributed by atoms with Crippen molar-refractivity contribution in [2.45, 2.75) is 13.8 Å². The van der Waals surface area contributed by atoms with E-state index in [9.17, 15) is 9.50 Å². The summed E-state index contributed by atoms with van der Waals surface area (Å²) in [5.41, 5.74) is 1.49. The highest BCUT2D eigenvalue weighted by atomic mass is 19.1. The Bertz CT molecular complexity index is 508. The van der Waals surface area contributed by atoms with Crippen molar-refractivity contribution in [2.75, 3.05) is 0 Å². The van der Waals surface area contributed by atoms with Crippen molar-refractivity contribution < 1.29 is 9.50 Å². The van der Waals surface area contributed by atoms with Crippen LogP contribution in [0.4, 0.5) is 4.39 Å². The van der Waals surface area contributed by atoms with Gasteiger partial charge >= 0.3 is 0 Å². The van der Waals surface area contributed by atoms with E-state index in [1.165, 1.54) is 6.07 Å². The number of phenols is 1. The summed E-state index contributed by atoms with van der Waals surface area (Å²) in [7, 11) is 0. The van der Waals surface area contributed by atoms with Gasteiger partial charge in [0, 0.05) is 11.1 Å². The number of aryl methyl sites for hydroxylation is 2. The first kappa shape index (κ1) is 8.94. The fraction of sp³-hybridized carbons (Fsp3) is 0.182. The molecule has 2 rings (SSSR count). The minimum absolute atomic E-state index is 0.105. The number of benzene rings is 1. The Morgan fingerprint density at radius 2 is 2.00 bits per heavy atom. The van der Waals surface area contributed by atoms with Gasteiger partial charge in [-0.25, -0.2) is 9.37 Å². The monoisotopic (exact) mass is 191 g/mol. The summed E-state index contributed by atoms with van der Waals surface area (Å²) >= 11 is 0. The molecule has 3 heteroatoms. The fourth-order valence-corrected chi connectivity index (χ4v) is 1.47. The van der Waals surface area contributed by atoms with Gasteiger partial charge < -0.3 is 5.11 Å². The van der Waals surface area contributed by atoms with E-state index in [2.05, 4.69) is 4.98 Å². The van der Waals surface area contributed by atoms with Gasteiger partial charge in [-0.05, 0) is 37.6 Å². The lowest BCUT2D eigenvalue weighted by atomic mass is 10.1. The van der Waals surface area contributed by atoms with Gasteiger partial charge in [0.05, 0.1) is 0 Å². The lowest BCUT2D eigenvalue weighted by molar-refractivity contribution is 0.475. The van der Waals surface area contributed by atoms with Gasteiger partial charge in [0.2, 0.25) is 0 Å². The molecular weight excluding hydrogens is 181 g/mol. The molecule has 0 aliphatic carbocycles. The number of aromatic nitrogens is 1. The third kappa shape index (κ3) is 1.21. The number of fused-ring (bicyclic) bond motifs is 1. The molecule has 0 spiro atoms. The third-order valence-electron chi connectivity index (χ3n) is 2.23. The molecule has 72 valence electrons. The maximum atomic E-state index is 13.4. The van der Waals surface area contributed by atoms with Crippen LogP contribution in [0.5, 0.6) is 5.75 Å². The Morgan fingerprint density at radius 1 is 1.29 bits per heavy atom. The molecule has 0 radical (unpaired) electrons. The fourth-order valence-electron chi connectivity index (χ4n) is 1.47. The second-order valence-electron chi connectivity index (χ2n) is 3.37. The first-order valence-corrected chi connectivity index (χ1v) is 4.35. The van der Waals surface area contributed by atoms with Crippen LogP contribution in [0, 0.1) is 19.7 Å². The molecule has 0 aliphatic rings. The lowest BCUT2D eigenvalue weighted by Crippen LogP contribution is -1.89. The van der Waals surface area contributed by atoms with Crippen LogP contribution in [0.1, 0.15) is 11.3 Å². The van der Waals surface area contributed by atoms with Crippen LogP contribution in [0.2, 0.25) is 0 Å². The van der Waals surface area contributed by atoms with E-state index >= 15 is 0 Å². The van der Waals surface area contributed by atoms with Gasteiger partial charge in [-0.3, -0.25) is 0 Å². The molecule has 1 aromatic carbocycles. The summed E-state index contributed by atoms with van der Waals surface area (Å²) in [5.74, 6) is -0.284. The van der Waals surface area contributed by atoms with Crippen molar-refractivity contribution in [1.82, 2.24) is 4.98 Å². The van der Waals surface area contributed by atoms with Gasteiger partial charge in [0.25, 0.3) is 0 Å². The number of halogens is 1. The van der Waals surface area contributed by atoms with E-state index in [1.54, 1.807) is 26.0 Å². The summed E-state index contributed by atoms with van der Waals surface area (Å²) in [4.78, 5) is 4.04. The molecule has 14 heavy (non-hydrogen) atoms. The number of pyridine rings is 1. The predicted octanol–water partition coefficient (Wildman–Crippen LogP) is 2.70. The molecule has 0 fully saturated rings. The first-order valence-electron chi connectivity index (χ1n) is 4.35. The molecule has 0 aliphatic heterocycles. The maximum Gasteiger partial charge on any atom is 0.149 e. The summed E-state index contributed by atoms with van der Waals surface area (Å²) in [6.45, 7) is 3.45. The second kappa shape index (κ2) is 2.94. The van der Waals surface area contributed by atoms with Crippen molar-refractivity contribution in [3.63, 3.8) is 0 Å². The van der Waals surface area contributed by atoms with Crippen molar-refractivity contribution in [3.05, 3.63) is 35.3 Å². The standard InChI is InChI=1S/C11H10FNO/c1-6-5-9(12)10-8(11(6)14)4-3-7(2)13-10/h3-5,14H,1-2H3. The van der Waals surface area contributed by atoms with Crippen LogP contribution in [0.15, 0.2) is 18.2 Å². The van der Waals surface area contributed by atoms with Gasteiger partial charge in [-0.15, -0.1) is 0 Å². The van der Waals surface area contributed by atoms with E-state index in [-0.39, 0.29) is 17.1 Å². The largest absolute Gasteiger partial charge is 0.507 e. The zero-order chi connectivity index (χ0) is 10.3. The van der Waals surface area contributed by atoms with E-state index < -0.39 is 0 Å². The second-order valence-corrected chi connectivity index (χ2v) is 3.37. The molecule has 0 amide bonds. The van der Waals surface area contributed by atoms with E-state index in [0.29, 0.717) is 10.9 Å². The molecule has 1 heterocycles. The van der Waals surface area contributed by atoms with Crippen LogP contribution in [-0.4, -0.2) is 10.1 Å². The Morgan fingerprint density at radius 3 is 2.71 bits per heavy atom. The number of phenolic OH excluding ortho intramolecular Hbond substituents is 1. The predicted molar refractivity (Wildman–Crippen MR) is 52.8 cm³/mol. The molecular formula is C11H10FNO. The summed E-state index contributed by atoms with van der Waals surface area (Å²) in [5, 5.41) is 10.1. The summed E-state index contributed by atoms with van der Waals surface area (Å²) in [6, 6.07) is 4.73. The quantitative estimate of drug-likeness (QED) is 0.694. The molecule has 2 nitrogen and oxygen atoms in total. The Kier molecular flexibility index (Phi) is 1.88. The third-order valence-corrected chi connectivity index (χ3v) is 2.23. The minimum atomic E-state index is -0.390. The van der Waals surface area contributed by atoms with Crippen molar-refractivity contribution >= 4 is 10.9 Å². The molecule has 2 aromatic rings. The number of hydrogen-bond donors (Lipinski definition) is 1. The molecule has 0 saturated heterocycles. The van der Waals surface area contributed by atoms with Crippen LogP contribution in [0.3, 0.4) is 0 Å². The van der Waals surface area contributed by atoms with Crippen molar-refractivity contribution in [2.24, 2.45) is 0 Å². The minimum Gasteiger partial charge on any atom is -0.507 e. The normalized spacial score (nSPS) is 10.8. The zero-order valence-corrected chi connectivity index (χ0v) is 8.00. The molecule has 0 bridgehead atoms. The lowest BCUT2D eigenvalue weighted by Gasteiger charge is -2.05. The number of rotatable bonds is 0. The van der Waals surface area contributed by atoms with Gasteiger partial charge in [-0.1, -0.05) is 0 Å². The van der Waals surface area contributed by atoms with E-state index in [0.717, 1.165) is 5.69 Å². The first-order chi connectivity index (χ1) is 6.59. The maximum absolute atomic E-state index is 13.4. The zero-order valence-electron chi connectivity index (χ0n) is 8.00. The van der Waals surface area contributed by atoms with E-state index in [1.807, 2.05) is 0 Å². The Hall–Kier alpha value is -1.64. The van der Waals surface area contributed by atoms with Gasteiger partial charge in [-0.2, -0.15) is 0 Å². The summed E-state index contributed by atoms with van der Waals surface area (Å²) in [6.07, 6.45) is 0. The molecule has 1 N–H and O–H groups in total. The van der Waals surface area contributed by atoms with Crippen LogP contribution in [-0.2, 0) is 0 Å². The van der Waals surface area contributed by atoms with Crippen molar-refractivity contribution in [3.8, 4) is 5.75 Å². The summed E-state index contributed by atoms with van der Waals surface area (Å²) < 4.78 is 13.4. The highest BCUT2D eigenvalue weighted by molar-refractivity contribution is 5.86. The van der Waals surface area contributed by atoms with Crippen LogP contribution >= 0.6 is 0 Å². The highest BCUT2D eigenvalue weighted by Crippen LogP contribution is 2.29. The molecule has 0 saturated carbocycles. The Labute approximate surface area is 81.0 Å². The Balaban J connectivity index is 2.94. The molecule has 1 aromatic heterocycles. The van der Waals surface area contributed by atoms with Gasteiger partial charge in [0.15, 0.2) is 0 Å².